The zero-order valence-electron chi connectivity index (χ0n) is 16.9. The van der Waals surface area contributed by atoms with E-state index in [9.17, 15) is 5.11 Å². The number of methoxy groups -OCH3 is 1. The molecule has 3 saturated heterocycles. The molecular formula is C24H32N2O2. The number of hydrogen-bond donors (Lipinski definition) is 1. The van der Waals surface area contributed by atoms with E-state index in [2.05, 4.69) is 46.2 Å². The smallest absolute Gasteiger partial charge is 0.160 e. The lowest BCUT2D eigenvalue weighted by molar-refractivity contribution is 0.123. The van der Waals surface area contributed by atoms with E-state index in [1.807, 2.05) is 12.1 Å². The van der Waals surface area contributed by atoms with Crippen LogP contribution in [-0.4, -0.2) is 54.2 Å². The number of piperidine rings is 1. The van der Waals surface area contributed by atoms with Crippen LogP contribution in [-0.2, 0) is 13.0 Å². The Bertz CT molecular complexity index is 764. The van der Waals surface area contributed by atoms with Crippen LogP contribution in [0.4, 0.5) is 0 Å². The molecule has 2 atom stereocenters. The Labute approximate surface area is 168 Å². The van der Waals surface area contributed by atoms with Gasteiger partial charge in [0.2, 0.25) is 0 Å². The van der Waals surface area contributed by atoms with Crippen LogP contribution in [0.2, 0.25) is 0 Å². The van der Waals surface area contributed by atoms with E-state index in [-0.39, 0.29) is 5.75 Å². The van der Waals surface area contributed by atoms with Gasteiger partial charge in [0.05, 0.1) is 7.11 Å². The van der Waals surface area contributed by atoms with Crippen LogP contribution in [0.1, 0.15) is 30.4 Å². The molecule has 0 radical (unpaired) electrons. The zero-order chi connectivity index (χ0) is 19.3. The van der Waals surface area contributed by atoms with Crippen LogP contribution in [0, 0.1) is 5.92 Å². The van der Waals surface area contributed by atoms with Crippen molar-refractivity contribution in [2.45, 2.75) is 38.3 Å². The fourth-order valence-corrected chi connectivity index (χ4v) is 4.87. The maximum absolute atomic E-state index is 10.1. The van der Waals surface area contributed by atoms with Gasteiger partial charge in [0, 0.05) is 32.2 Å². The van der Waals surface area contributed by atoms with E-state index in [0.29, 0.717) is 11.8 Å². The van der Waals surface area contributed by atoms with Gasteiger partial charge in [0.1, 0.15) is 0 Å². The lowest BCUT2D eigenvalue weighted by atomic mass is 9.94. The average Bonchev–Trinajstić information content (AvgIpc) is 3.00. The third kappa shape index (κ3) is 4.68. The minimum absolute atomic E-state index is 0.238. The number of phenolic OH excluding ortho intramolecular Hbond substituents is 1. The number of nitrogens with zero attached hydrogens (tertiary/aromatic N) is 2. The molecule has 28 heavy (non-hydrogen) atoms. The van der Waals surface area contributed by atoms with Crippen LogP contribution in [0.3, 0.4) is 0 Å². The van der Waals surface area contributed by atoms with Crippen LogP contribution in [0.5, 0.6) is 11.5 Å². The highest BCUT2D eigenvalue weighted by molar-refractivity contribution is 5.41. The third-order valence-corrected chi connectivity index (χ3v) is 6.31. The maximum atomic E-state index is 10.1. The highest BCUT2D eigenvalue weighted by Crippen LogP contribution is 2.31. The van der Waals surface area contributed by atoms with Gasteiger partial charge in [-0.05, 0) is 61.4 Å². The summed E-state index contributed by atoms with van der Waals surface area (Å²) in [4.78, 5) is 5.32. The van der Waals surface area contributed by atoms with Gasteiger partial charge in [0.15, 0.2) is 11.5 Å². The quantitative estimate of drug-likeness (QED) is 0.790. The van der Waals surface area contributed by atoms with Crippen molar-refractivity contribution < 1.29 is 9.84 Å². The van der Waals surface area contributed by atoms with E-state index in [1.54, 1.807) is 7.11 Å². The minimum atomic E-state index is 0.238. The lowest BCUT2D eigenvalue weighted by Crippen LogP contribution is -2.43. The Balaban J connectivity index is 1.33. The third-order valence-electron chi connectivity index (χ3n) is 6.31. The van der Waals surface area contributed by atoms with Gasteiger partial charge in [-0.25, -0.2) is 0 Å². The Hall–Kier alpha value is -2.04. The standard InChI is InChI=1S/C24H32N2O2/c1-28-24-12-10-20(14-23(24)27)16-26-17-21-9-11-22(26)18-25(15-21)13-5-8-19-6-3-2-4-7-19/h2-4,6-7,10,12,14,21-22,27H,5,8-9,11,13,15-18H2,1H3/t21-,22+/m0/s1. The van der Waals surface area contributed by atoms with Crippen LogP contribution < -0.4 is 4.74 Å². The monoisotopic (exact) mass is 380 g/mol. The normalized spacial score (nSPS) is 22.9. The molecule has 4 nitrogen and oxygen atoms in total. The summed E-state index contributed by atoms with van der Waals surface area (Å²) in [7, 11) is 1.59. The van der Waals surface area contributed by atoms with E-state index in [1.165, 1.54) is 63.0 Å². The molecule has 3 fully saturated rings. The molecule has 0 aliphatic carbocycles. The highest BCUT2D eigenvalue weighted by Gasteiger charge is 2.34. The van der Waals surface area contributed by atoms with Crippen LogP contribution in [0.25, 0.3) is 0 Å². The van der Waals surface area contributed by atoms with Gasteiger partial charge < -0.3 is 14.7 Å². The molecule has 2 aromatic carbocycles. The molecule has 1 N–H and O–H groups in total. The van der Waals surface area contributed by atoms with Crippen LogP contribution in [0.15, 0.2) is 48.5 Å². The Kier molecular flexibility index (Phi) is 6.18. The van der Waals surface area contributed by atoms with Crippen molar-refractivity contribution in [2.24, 2.45) is 5.92 Å². The van der Waals surface area contributed by atoms with E-state index in [0.717, 1.165) is 12.5 Å². The molecule has 3 heterocycles. The Morgan fingerprint density at radius 1 is 1.00 bits per heavy atom. The molecule has 4 heteroatoms. The molecule has 0 amide bonds. The Morgan fingerprint density at radius 3 is 2.64 bits per heavy atom. The summed E-state index contributed by atoms with van der Waals surface area (Å²) in [5, 5.41) is 10.1. The summed E-state index contributed by atoms with van der Waals surface area (Å²) in [6.07, 6.45) is 5.05. The highest BCUT2D eigenvalue weighted by atomic mass is 16.5. The molecule has 0 saturated carbocycles. The molecule has 5 rings (SSSR count). The first kappa shape index (κ1) is 19.3. The SMILES string of the molecule is COc1ccc(CN2C[C@H]3CC[C@@H]2CN(CCCc2ccccc2)C3)cc1O. The van der Waals surface area contributed by atoms with Gasteiger partial charge in [-0.3, -0.25) is 4.90 Å². The molecule has 150 valence electrons. The van der Waals surface area contributed by atoms with Crippen molar-refractivity contribution in [3.63, 3.8) is 0 Å². The van der Waals surface area contributed by atoms with Crippen molar-refractivity contribution in [2.75, 3.05) is 33.3 Å². The molecule has 0 spiro atoms. The summed E-state index contributed by atoms with van der Waals surface area (Å²) in [5.74, 6) is 1.55. The van der Waals surface area contributed by atoms with Crippen molar-refractivity contribution in [3.8, 4) is 11.5 Å². The van der Waals surface area contributed by atoms with Crippen molar-refractivity contribution >= 4 is 0 Å². The molecule has 3 aliphatic heterocycles. The summed E-state index contributed by atoms with van der Waals surface area (Å²) in [5.41, 5.74) is 2.61. The van der Waals surface area contributed by atoms with Crippen LogP contribution >= 0.6 is 0 Å². The summed E-state index contributed by atoms with van der Waals surface area (Å²) in [6.45, 7) is 5.69. The van der Waals surface area contributed by atoms with E-state index in [4.69, 9.17) is 4.74 Å². The molecular weight excluding hydrogens is 348 g/mol. The number of ether oxygens (including phenoxy) is 1. The van der Waals surface area contributed by atoms with Crippen molar-refractivity contribution in [1.82, 2.24) is 9.80 Å². The minimum Gasteiger partial charge on any atom is -0.504 e. The number of rotatable bonds is 7. The largest absolute Gasteiger partial charge is 0.504 e. The number of aryl methyl sites for hydroxylation is 1. The zero-order valence-corrected chi connectivity index (χ0v) is 16.9. The molecule has 3 aliphatic rings. The second-order valence-corrected chi connectivity index (χ2v) is 8.38. The fourth-order valence-electron chi connectivity index (χ4n) is 4.87. The van der Waals surface area contributed by atoms with Gasteiger partial charge in [0.25, 0.3) is 0 Å². The van der Waals surface area contributed by atoms with Crippen molar-refractivity contribution in [1.29, 1.82) is 0 Å². The first-order valence-electron chi connectivity index (χ1n) is 10.6. The summed E-state index contributed by atoms with van der Waals surface area (Å²) in [6, 6.07) is 17.3. The number of phenols is 1. The van der Waals surface area contributed by atoms with Gasteiger partial charge in [-0.15, -0.1) is 0 Å². The number of hydrogen-bond acceptors (Lipinski definition) is 4. The predicted molar refractivity (Wildman–Crippen MR) is 113 cm³/mol. The van der Waals surface area contributed by atoms with Gasteiger partial charge >= 0.3 is 0 Å². The second kappa shape index (κ2) is 8.97. The first-order valence-corrected chi connectivity index (χ1v) is 10.6. The number of benzene rings is 2. The number of fused-ring (bicyclic) bond motifs is 4. The first-order chi connectivity index (χ1) is 13.7. The lowest BCUT2D eigenvalue weighted by Gasteiger charge is -2.36. The molecule has 0 unspecified atom stereocenters. The summed E-state index contributed by atoms with van der Waals surface area (Å²) < 4.78 is 5.17. The maximum Gasteiger partial charge on any atom is 0.160 e. The Morgan fingerprint density at radius 2 is 1.86 bits per heavy atom. The van der Waals surface area contributed by atoms with E-state index < -0.39 is 0 Å². The van der Waals surface area contributed by atoms with Crippen molar-refractivity contribution in [3.05, 3.63) is 59.7 Å². The number of aromatic hydroxyl groups is 1. The second-order valence-electron chi connectivity index (χ2n) is 8.38. The molecule has 0 aromatic heterocycles. The van der Waals surface area contributed by atoms with Gasteiger partial charge in [-0.2, -0.15) is 0 Å². The summed E-state index contributed by atoms with van der Waals surface area (Å²) >= 11 is 0. The predicted octanol–water partition coefficient (Wildman–Crippen LogP) is 3.93. The fraction of sp³-hybridized carbons (Fsp3) is 0.500. The average molecular weight is 381 g/mol. The molecule has 2 aromatic rings. The van der Waals surface area contributed by atoms with Gasteiger partial charge in [-0.1, -0.05) is 36.4 Å². The molecule has 2 bridgehead atoms. The van der Waals surface area contributed by atoms with E-state index >= 15 is 0 Å². The topological polar surface area (TPSA) is 35.9 Å².